The number of primary amides is 1. The zero-order chi connectivity index (χ0) is 15.1. The van der Waals surface area contributed by atoms with Crippen LogP contribution in [0.1, 0.15) is 12.0 Å². The van der Waals surface area contributed by atoms with Crippen LogP contribution >= 0.6 is 12.4 Å². The van der Waals surface area contributed by atoms with Gasteiger partial charge in [-0.2, -0.15) is 0 Å². The third-order valence-electron chi connectivity index (χ3n) is 2.80. The zero-order valence-electron chi connectivity index (χ0n) is 12.2. The molecule has 1 aromatic carbocycles. The van der Waals surface area contributed by atoms with E-state index in [4.69, 9.17) is 16.2 Å². The second-order valence-corrected chi connectivity index (χ2v) is 4.70. The van der Waals surface area contributed by atoms with Crippen LogP contribution in [0.25, 0.3) is 0 Å². The molecular weight excluding hydrogens is 294 g/mol. The van der Waals surface area contributed by atoms with Crippen molar-refractivity contribution in [3.63, 3.8) is 0 Å². The van der Waals surface area contributed by atoms with Crippen molar-refractivity contribution in [2.24, 2.45) is 11.5 Å². The van der Waals surface area contributed by atoms with E-state index in [0.717, 1.165) is 11.3 Å². The maximum atomic E-state index is 11.8. The van der Waals surface area contributed by atoms with Crippen molar-refractivity contribution in [3.05, 3.63) is 29.8 Å². The summed E-state index contributed by atoms with van der Waals surface area (Å²) in [6.07, 6.45) is -0.151. The molecule has 2 amide bonds. The largest absolute Gasteiger partial charge is 0.492 e. The first-order valence-electron chi connectivity index (χ1n) is 6.38. The molecule has 0 aliphatic heterocycles. The van der Waals surface area contributed by atoms with Gasteiger partial charge < -0.3 is 21.1 Å². The van der Waals surface area contributed by atoms with Crippen LogP contribution in [0.3, 0.4) is 0 Å². The van der Waals surface area contributed by atoms with E-state index in [1.165, 1.54) is 4.90 Å². The van der Waals surface area contributed by atoms with Crippen molar-refractivity contribution in [2.45, 2.75) is 19.4 Å². The first-order chi connectivity index (χ1) is 9.40. The second kappa shape index (κ2) is 9.20. The summed E-state index contributed by atoms with van der Waals surface area (Å²) in [6.45, 7) is 2.72. The van der Waals surface area contributed by atoms with E-state index in [2.05, 4.69) is 0 Å². The first kappa shape index (κ1) is 19.2. The van der Waals surface area contributed by atoms with Crippen LogP contribution < -0.4 is 16.2 Å². The summed E-state index contributed by atoms with van der Waals surface area (Å²) in [5.41, 5.74) is 11.7. The highest BCUT2D eigenvalue weighted by atomic mass is 35.5. The first-order valence-corrected chi connectivity index (χ1v) is 6.38. The molecule has 1 unspecified atom stereocenters. The van der Waals surface area contributed by atoms with Gasteiger partial charge in [-0.25, -0.2) is 0 Å². The van der Waals surface area contributed by atoms with E-state index in [9.17, 15) is 9.59 Å². The number of hydrogen-bond acceptors (Lipinski definition) is 4. The van der Waals surface area contributed by atoms with Crippen LogP contribution in [0.15, 0.2) is 24.3 Å². The predicted octanol–water partition coefficient (Wildman–Crippen LogP) is 0.457. The molecule has 7 heteroatoms. The molecule has 1 rings (SSSR count). The molecule has 0 aliphatic carbocycles. The molecule has 21 heavy (non-hydrogen) atoms. The average Bonchev–Trinajstić information content (AvgIpc) is 2.37. The Balaban J connectivity index is 0.00000400. The van der Waals surface area contributed by atoms with Crippen LogP contribution in [0, 0.1) is 6.92 Å². The monoisotopic (exact) mass is 315 g/mol. The number of amides is 2. The Hall–Kier alpha value is -1.79. The summed E-state index contributed by atoms with van der Waals surface area (Å²) in [5, 5.41) is 0. The number of nitrogens with two attached hydrogens (primary N) is 2. The van der Waals surface area contributed by atoms with E-state index in [1.54, 1.807) is 7.05 Å². The molecule has 1 atom stereocenters. The Morgan fingerprint density at radius 3 is 2.62 bits per heavy atom. The number of halogens is 1. The van der Waals surface area contributed by atoms with Gasteiger partial charge in [-0.3, -0.25) is 9.59 Å². The van der Waals surface area contributed by atoms with Crippen molar-refractivity contribution in [1.82, 2.24) is 4.90 Å². The molecule has 1 aromatic rings. The minimum atomic E-state index is -0.892. The number of aryl methyl sites for hydroxylation is 1. The van der Waals surface area contributed by atoms with Gasteiger partial charge in [0.15, 0.2) is 0 Å². The average molecular weight is 316 g/mol. The number of carbonyl (C=O) groups is 2. The Morgan fingerprint density at radius 1 is 1.38 bits per heavy atom. The lowest BCUT2D eigenvalue weighted by molar-refractivity contribution is -0.133. The van der Waals surface area contributed by atoms with E-state index >= 15 is 0 Å². The normalized spacial score (nSPS) is 11.2. The summed E-state index contributed by atoms with van der Waals surface area (Å²) >= 11 is 0. The molecular formula is C14H22ClN3O3. The molecule has 0 saturated heterocycles. The maximum Gasteiger partial charge on any atom is 0.239 e. The molecule has 118 valence electrons. The van der Waals surface area contributed by atoms with Gasteiger partial charge >= 0.3 is 0 Å². The molecule has 0 heterocycles. The van der Waals surface area contributed by atoms with Crippen LogP contribution in [0.2, 0.25) is 0 Å². The van der Waals surface area contributed by atoms with Crippen molar-refractivity contribution >= 4 is 24.2 Å². The zero-order valence-corrected chi connectivity index (χ0v) is 13.1. The second-order valence-electron chi connectivity index (χ2n) is 4.70. The van der Waals surface area contributed by atoms with E-state index in [1.807, 2.05) is 31.2 Å². The molecule has 0 radical (unpaired) electrons. The minimum Gasteiger partial charge on any atom is -0.492 e. The van der Waals surface area contributed by atoms with Crippen LogP contribution in [-0.4, -0.2) is 43.0 Å². The van der Waals surface area contributed by atoms with E-state index in [0.29, 0.717) is 13.2 Å². The number of rotatable bonds is 7. The Labute approximate surface area is 130 Å². The van der Waals surface area contributed by atoms with Crippen molar-refractivity contribution in [3.8, 4) is 5.75 Å². The van der Waals surface area contributed by atoms with Crippen molar-refractivity contribution in [2.75, 3.05) is 20.2 Å². The molecule has 0 aliphatic rings. The third-order valence-corrected chi connectivity index (χ3v) is 2.80. The van der Waals surface area contributed by atoms with Crippen LogP contribution in [-0.2, 0) is 9.59 Å². The number of benzene rings is 1. The van der Waals surface area contributed by atoms with Gasteiger partial charge in [0.05, 0.1) is 19.0 Å². The van der Waals surface area contributed by atoms with Gasteiger partial charge in [0.1, 0.15) is 12.4 Å². The fraction of sp³-hybridized carbons (Fsp3) is 0.429. The molecule has 0 spiro atoms. The Morgan fingerprint density at radius 2 is 2.05 bits per heavy atom. The Bertz CT molecular complexity index is 482. The van der Waals surface area contributed by atoms with E-state index in [-0.39, 0.29) is 24.7 Å². The van der Waals surface area contributed by atoms with Crippen LogP contribution in [0.5, 0.6) is 5.75 Å². The SMILES string of the molecule is Cc1cccc(OCCN(C)C(=O)C(N)CC(N)=O)c1.Cl. The highest BCUT2D eigenvalue weighted by Gasteiger charge is 2.19. The molecule has 6 nitrogen and oxygen atoms in total. The number of carbonyl (C=O) groups excluding carboxylic acids is 2. The number of nitrogens with zero attached hydrogens (tertiary/aromatic N) is 1. The van der Waals surface area contributed by atoms with Crippen molar-refractivity contribution < 1.29 is 14.3 Å². The smallest absolute Gasteiger partial charge is 0.239 e. The standard InChI is InChI=1S/C14H21N3O3.ClH/c1-10-4-3-5-11(8-10)20-7-6-17(2)14(19)12(15)9-13(16)18;/h3-5,8,12H,6-7,9,15H2,1-2H3,(H2,16,18);1H. The summed E-state index contributed by atoms with van der Waals surface area (Å²) in [5.74, 6) is -0.154. The fourth-order valence-corrected chi connectivity index (χ4v) is 1.70. The highest BCUT2D eigenvalue weighted by Crippen LogP contribution is 2.12. The summed E-state index contributed by atoms with van der Waals surface area (Å²) in [6, 6.07) is 6.76. The highest BCUT2D eigenvalue weighted by molar-refractivity contribution is 5.87. The maximum absolute atomic E-state index is 11.8. The van der Waals surface area contributed by atoms with Gasteiger partial charge in [-0.15, -0.1) is 12.4 Å². The minimum absolute atomic E-state index is 0. The van der Waals surface area contributed by atoms with Gasteiger partial charge in [-0.1, -0.05) is 12.1 Å². The predicted molar refractivity (Wildman–Crippen MR) is 83.3 cm³/mol. The van der Waals surface area contributed by atoms with Gasteiger partial charge in [-0.05, 0) is 24.6 Å². The lowest BCUT2D eigenvalue weighted by Gasteiger charge is -2.20. The van der Waals surface area contributed by atoms with Crippen LogP contribution in [0.4, 0.5) is 0 Å². The summed E-state index contributed by atoms with van der Waals surface area (Å²) in [4.78, 5) is 24.0. The molecule has 0 saturated carbocycles. The van der Waals surface area contributed by atoms with Gasteiger partial charge in [0, 0.05) is 7.05 Å². The summed E-state index contributed by atoms with van der Waals surface area (Å²) < 4.78 is 5.54. The van der Waals surface area contributed by atoms with Gasteiger partial charge in [0.2, 0.25) is 11.8 Å². The quantitative estimate of drug-likeness (QED) is 0.763. The van der Waals surface area contributed by atoms with Gasteiger partial charge in [0.25, 0.3) is 0 Å². The van der Waals surface area contributed by atoms with E-state index < -0.39 is 11.9 Å². The lowest BCUT2D eigenvalue weighted by atomic mass is 10.2. The molecule has 4 N–H and O–H groups in total. The topological polar surface area (TPSA) is 98.7 Å². The fourth-order valence-electron chi connectivity index (χ4n) is 1.70. The number of likely N-dealkylation sites (N-methyl/N-ethyl adjacent to an activating group) is 1. The molecule has 0 bridgehead atoms. The Kier molecular flexibility index (Phi) is 8.42. The lowest BCUT2D eigenvalue weighted by Crippen LogP contribution is -2.45. The van der Waals surface area contributed by atoms with Crippen molar-refractivity contribution in [1.29, 1.82) is 0 Å². The molecule has 0 aromatic heterocycles. The molecule has 0 fully saturated rings. The summed E-state index contributed by atoms with van der Waals surface area (Å²) in [7, 11) is 1.61. The number of hydrogen-bond donors (Lipinski definition) is 2. The number of ether oxygens (including phenoxy) is 1. The third kappa shape index (κ3) is 6.97.